The van der Waals surface area contributed by atoms with Crippen LogP contribution in [-0.2, 0) is 20.6 Å². The Morgan fingerprint density at radius 3 is 2.32 bits per heavy atom. The van der Waals surface area contributed by atoms with Gasteiger partial charge in [0.2, 0.25) is 15.9 Å². The third kappa shape index (κ3) is 5.77. The molecule has 1 aliphatic rings. The van der Waals surface area contributed by atoms with Gasteiger partial charge in [-0.3, -0.25) is 4.79 Å². The second-order valence-corrected chi connectivity index (χ2v) is 9.73. The standard InChI is InChI=1S/C23H30N2O5S/c1-17(20-9-10-21(29-2)22(15-20)30-3)24-23(26)19-11-13-25(14-12-19)31(27,28)16-18-7-5-4-6-8-18/h4-10,15,17,19H,11-14,16H2,1-3H3,(H,24,26). The van der Waals surface area contributed by atoms with Crippen LogP contribution in [0.3, 0.4) is 0 Å². The lowest BCUT2D eigenvalue weighted by molar-refractivity contribution is -0.126. The Morgan fingerprint density at radius 2 is 1.71 bits per heavy atom. The number of rotatable bonds is 8. The summed E-state index contributed by atoms with van der Waals surface area (Å²) in [7, 11) is -0.238. The summed E-state index contributed by atoms with van der Waals surface area (Å²) in [6.07, 6.45) is 1.02. The first-order valence-electron chi connectivity index (χ1n) is 10.4. The average Bonchev–Trinajstić information content (AvgIpc) is 2.79. The number of piperidine rings is 1. The van der Waals surface area contributed by atoms with Gasteiger partial charge in [0, 0.05) is 19.0 Å². The molecule has 2 aromatic rings. The molecule has 7 nitrogen and oxygen atoms in total. The summed E-state index contributed by atoms with van der Waals surface area (Å²) in [6, 6.07) is 14.5. The molecule has 168 valence electrons. The molecule has 1 unspecified atom stereocenters. The van der Waals surface area contributed by atoms with Crippen molar-refractivity contribution in [1.82, 2.24) is 9.62 Å². The van der Waals surface area contributed by atoms with Crippen molar-refractivity contribution in [3.8, 4) is 11.5 Å². The zero-order chi connectivity index (χ0) is 22.4. The van der Waals surface area contributed by atoms with E-state index < -0.39 is 10.0 Å². The van der Waals surface area contributed by atoms with Crippen LogP contribution < -0.4 is 14.8 Å². The Labute approximate surface area is 184 Å². The molecule has 1 saturated heterocycles. The maximum atomic E-state index is 12.8. The lowest BCUT2D eigenvalue weighted by atomic mass is 9.96. The predicted octanol–water partition coefficient (Wildman–Crippen LogP) is 3.12. The van der Waals surface area contributed by atoms with Gasteiger partial charge in [-0.05, 0) is 43.0 Å². The Hall–Kier alpha value is -2.58. The van der Waals surface area contributed by atoms with E-state index in [2.05, 4.69) is 5.32 Å². The zero-order valence-electron chi connectivity index (χ0n) is 18.2. The number of ether oxygens (including phenoxy) is 2. The summed E-state index contributed by atoms with van der Waals surface area (Å²) in [6.45, 7) is 2.63. The van der Waals surface area contributed by atoms with Crippen LogP contribution in [-0.4, -0.2) is 45.9 Å². The molecule has 2 aromatic carbocycles. The lowest BCUT2D eigenvalue weighted by Crippen LogP contribution is -2.43. The van der Waals surface area contributed by atoms with Crippen LogP contribution in [0, 0.1) is 5.92 Å². The molecule has 31 heavy (non-hydrogen) atoms. The smallest absolute Gasteiger partial charge is 0.223 e. The van der Waals surface area contributed by atoms with Crippen molar-refractivity contribution in [2.75, 3.05) is 27.3 Å². The SMILES string of the molecule is COc1ccc(C(C)NC(=O)C2CCN(S(=O)(=O)Cc3ccccc3)CC2)cc1OC. The molecule has 1 atom stereocenters. The minimum absolute atomic E-state index is 0.0129. The number of hydrogen-bond donors (Lipinski definition) is 1. The summed E-state index contributed by atoms with van der Waals surface area (Å²) >= 11 is 0. The van der Waals surface area contributed by atoms with Crippen LogP contribution in [0.4, 0.5) is 0 Å². The highest BCUT2D eigenvalue weighted by Crippen LogP contribution is 2.30. The van der Waals surface area contributed by atoms with Crippen LogP contribution in [0.15, 0.2) is 48.5 Å². The molecule has 1 aliphatic heterocycles. The Bertz CT molecular complexity index is 986. The van der Waals surface area contributed by atoms with E-state index in [1.54, 1.807) is 14.2 Å². The highest BCUT2D eigenvalue weighted by Gasteiger charge is 2.31. The largest absolute Gasteiger partial charge is 0.493 e. The monoisotopic (exact) mass is 446 g/mol. The van der Waals surface area contributed by atoms with Gasteiger partial charge in [-0.25, -0.2) is 12.7 Å². The van der Waals surface area contributed by atoms with E-state index in [0.717, 1.165) is 11.1 Å². The van der Waals surface area contributed by atoms with E-state index in [1.165, 1.54) is 4.31 Å². The van der Waals surface area contributed by atoms with E-state index in [9.17, 15) is 13.2 Å². The third-order valence-corrected chi connectivity index (χ3v) is 7.53. The van der Waals surface area contributed by atoms with Crippen LogP contribution in [0.5, 0.6) is 11.5 Å². The molecule has 0 bridgehead atoms. The zero-order valence-corrected chi connectivity index (χ0v) is 19.0. The molecule has 0 radical (unpaired) electrons. The van der Waals surface area contributed by atoms with Gasteiger partial charge in [-0.15, -0.1) is 0 Å². The molecule has 1 amide bonds. The highest BCUT2D eigenvalue weighted by molar-refractivity contribution is 7.88. The molecule has 0 aromatic heterocycles. The Balaban J connectivity index is 1.55. The second-order valence-electron chi connectivity index (χ2n) is 7.76. The normalized spacial score (nSPS) is 16.5. The second kappa shape index (κ2) is 10.2. The summed E-state index contributed by atoms with van der Waals surface area (Å²) in [5.74, 6) is 0.973. The molecular formula is C23H30N2O5S. The van der Waals surface area contributed by atoms with Gasteiger partial charge in [0.05, 0.1) is 26.0 Å². The molecule has 0 saturated carbocycles. The molecule has 8 heteroatoms. The fraction of sp³-hybridized carbons (Fsp3) is 0.435. The van der Waals surface area contributed by atoms with Crippen LogP contribution >= 0.6 is 0 Å². The third-order valence-electron chi connectivity index (χ3n) is 5.68. The van der Waals surface area contributed by atoms with Gasteiger partial charge in [-0.2, -0.15) is 0 Å². The summed E-state index contributed by atoms with van der Waals surface area (Å²) < 4.78 is 37.5. The molecule has 0 spiro atoms. The number of nitrogens with zero attached hydrogens (tertiary/aromatic N) is 1. The topological polar surface area (TPSA) is 84.9 Å². The fourth-order valence-corrected chi connectivity index (χ4v) is 5.37. The number of amides is 1. The maximum Gasteiger partial charge on any atom is 0.223 e. The number of nitrogens with one attached hydrogen (secondary N) is 1. The van der Waals surface area contributed by atoms with Gasteiger partial charge in [0.15, 0.2) is 11.5 Å². The van der Waals surface area contributed by atoms with Crippen molar-refractivity contribution in [3.05, 3.63) is 59.7 Å². The number of carbonyl (C=O) groups excluding carboxylic acids is 1. The number of benzene rings is 2. The molecular weight excluding hydrogens is 416 g/mol. The van der Waals surface area contributed by atoms with Gasteiger partial charge in [0.25, 0.3) is 0 Å². The van der Waals surface area contributed by atoms with Crippen molar-refractivity contribution in [2.45, 2.75) is 31.6 Å². The molecule has 1 N–H and O–H groups in total. The summed E-state index contributed by atoms with van der Waals surface area (Å²) in [5, 5.41) is 3.04. The highest BCUT2D eigenvalue weighted by atomic mass is 32.2. The van der Waals surface area contributed by atoms with Crippen LogP contribution in [0.1, 0.15) is 36.9 Å². The first kappa shape index (κ1) is 23.1. The Morgan fingerprint density at radius 1 is 1.06 bits per heavy atom. The molecule has 0 aliphatic carbocycles. The first-order valence-corrected chi connectivity index (χ1v) is 12.0. The fourth-order valence-electron chi connectivity index (χ4n) is 3.81. The van der Waals surface area contributed by atoms with Crippen molar-refractivity contribution in [1.29, 1.82) is 0 Å². The van der Waals surface area contributed by atoms with E-state index in [-0.39, 0.29) is 23.6 Å². The van der Waals surface area contributed by atoms with E-state index in [0.29, 0.717) is 37.4 Å². The van der Waals surface area contributed by atoms with Gasteiger partial charge >= 0.3 is 0 Å². The number of sulfonamides is 1. The van der Waals surface area contributed by atoms with Gasteiger partial charge < -0.3 is 14.8 Å². The minimum Gasteiger partial charge on any atom is -0.493 e. The van der Waals surface area contributed by atoms with Crippen molar-refractivity contribution in [2.24, 2.45) is 5.92 Å². The van der Waals surface area contributed by atoms with Crippen LogP contribution in [0.2, 0.25) is 0 Å². The number of carbonyl (C=O) groups is 1. The predicted molar refractivity (Wildman–Crippen MR) is 119 cm³/mol. The first-order chi connectivity index (χ1) is 14.8. The summed E-state index contributed by atoms with van der Waals surface area (Å²) in [5.41, 5.74) is 1.68. The number of methoxy groups -OCH3 is 2. The van der Waals surface area contributed by atoms with Gasteiger partial charge in [-0.1, -0.05) is 36.4 Å². The maximum absolute atomic E-state index is 12.8. The van der Waals surface area contributed by atoms with Gasteiger partial charge in [0.1, 0.15) is 0 Å². The molecule has 1 fully saturated rings. The van der Waals surface area contributed by atoms with Crippen molar-refractivity contribution in [3.63, 3.8) is 0 Å². The quantitative estimate of drug-likeness (QED) is 0.673. The minimum atomic E-state index is -3.39. The summed E-state index contributed by atoms with van der Waals surface area (Å²) in [4.78, 5) is 12.8. The average molecular weight is 447 g/mol. The lowest BCUT2D eigenvalue weighted by Gasteiger charge is -2.31. The van der Waals surface area contributed by atoms with Crippen LogP contribution in [0.25, 0.3) is 0 Å². The van der Waals surface area contributed by atoms with Crippen molar-refractivity contribution >= 4 is 15.9 Å². The number of hydrogen-bond acceptors (Lipinski definition) is 5. The van der Waals surface area contributed by atoms with Crippen molar-refractivity contribution < 1.29 is 22.7 Å². The van der Waals surface area contributed by atoms with E-state index in [1.807, 2.05) is 55.5 Å². The van der Waals surface area contributed by atoms with E-state index >= 15 is 0 Å². The van der Waals surface area contributed by atoms with E-state index in [4.69, 9.17) is 9.47 Å². The molecule has 3 rings (SSSR count). The molecule has 1 heterocycles. The Kier molecular flexibility index (Phi) is 7.56.